The van der Waals surface area contributed by atoms with Crippen molar-refractivity contribution in [2.75, 3.05) is 26.4 Å². The largest absolute Gasteiger partial charge is 0.394 e. The Kier molecular flexibility index (Phi) is 5.22. The van der Waals surface area contributed by atoms with Crippen LogP contribution in [0.25, 0.3) is 0 Å². The molecule has 1 N–H and O–H groups in total. The first-order chi connectivity index (χ1) is 10.9. The summed E-state index contributed by atoms with van der Waals surface area (Å²) in [7, 11) is 0. The van der Waals surface area contributed by atoms with Gasteiger partial charge in [0.15, 0.2) is 0 Å². The Hall–Kier alpha value is -1.68. The topological polar surface area (TPSA) is 32.7 Å². The summed E-state index contributed by atoms with van der Waals surface area (Å²) in [4.78, 5) is 2.48. The highest BCUT2D eigenvalue weighted by Gasteiger charge is 2.26. The molecule has 1 aliphatic rings. The van der Waals surface area contributed by atoms with E-state index in [2.05, 4.69) is 59.5 Å². The van der Waals surface area contributed by atoms with Crippen LogP contribution in [0.2, 0.25) is 0 Å². The number of aliphatic hydroxyl groups is 1. The molecule has 1 heterocycles. The van der Waals surface area contributed by atoms with Gasteiger partial charge in [0, 0.05) is 19.1 Å². The lowest BCUT2D eigenvalue weighted by molar-refractivity contribution is 0.0571. The summed E-state index contributed by atoms with van der Waals surface area (Å²) in [5, 5.41) is 8.82. The van der Waals surface area contributed by atoms with Crippen molar-refractivity contribution in [2.45, 2.75) is 19.0 Å². The third-order valence-corrected chi connectivity index (χ3v) is 4.29. The summed E-state index contributed by atoms with van der Waals surface area (Å²) in [5.41, 5.74) is 4.22. The Morgan fingerprint density at radius 2 is 1.68 bits per heavy atom. The number of benzene rings is 2. The van der Waals surface area contributed by atoms with Crippen LogP contribution in [-0.2, 0) is 17.7 Å². The van der Waals surface area contributed by atoms with Gasteiger partial charge in [0.05, 0.1) is 19.8 Å². The maximum Gasteiger partial charge on any atom is 0.0698 e. The fourth-order valence-electron chi connectivity index (χ4n) is 3.16. The first kappa shape index (κ1) is 15.2. The molecule has 0 radical (unpaired) electrons. The van der Waals surface area contributed by atoms with Crippen LogP contribution in [0, 0.1) is 0 Å². The van der Waals surface area contributed by atoms with Crippen LogP contribution in [0.15, 0.2) is 54.6 Å². The molecule has 116 valence electrons. The maximum absolute atomic E-state index is 8.82. The fraction of sp³-hybridized carbons (Fsp3) is 0.368. The third kappa shape index (κ3) is 3.55. The van der Waals surface area contributed by atoms with Gasteiger partial charge in [-0.05, 0) is 23.1 Å². The van der Waals surface area contributed by atoms with Gasteiger partial charge < -0.3 is 9.84 Å². The quantitative estimate of drug-likeness (QED) is 0.832. The predicted molar refractivity (Wildman–Crippen MR) is 87.6 cm³/mol. The zero-order valence-corrected chi connectivity index (χ0v) is 12.8. The van der Waals surface area contributed by atoms with Crippen LogP contribution < -0.4 is 0 Å². The molecule has 3 rings (SSSR count). The van der Waals surface area contributed by atoms with Crippen molar-refractivity contribution in [2.24, 2.45) is 0 Å². The number of fused-ring (bicyclic) bond motifs is 1. The number of ether oxygens (including phenoxy) is 1. The van der Waals surface area contributed by atoms with Gasteiger partial charge in [-0.2, -0.15) is 0 Å². The molecule has 0 saturated carbocycles. The van der Waals surface area contributed by atoms with Crippen LogP contribution in [0.5, 0.6) is 0 Å². The van der Waals surface area contributed by atoms with Crippen LogP contribution in [0.4, 0.5) is 0 Å². The molecule has 0 aliphatic carbocycles. The normalized spacial score (nSPS) is 18.1. The SMILES string of the molecule is OCCOCCN1Cc2ccccc2CC1c1ccccc1. The molecular weight excluding hydrogens is 274 g/mol. The third-order valence-electron chi connectivity index (χ3n) is 4.29. The molecule has 1 atom stereocenters. The van der Waals surface area contributed by atoms with Crippen molar-refractivity contribution in [1.82, 2.24) is 4.90 Å². The number of rotatable bonds is 6. The van der Waals surface area contributed by atoms with Gasteiger partial charge >= 0.3 is 0 Å². The smallest absolute Gasteiger partial charge is 0.0698 e. The minimum Gasteiger partial charge on any atom is -0.394 e. The van der Waals surface area contributed by atoms with Gasteiger partial charge in [0.1, 0.15) is 0 Å². The van der Waals surface area contributed by atoms with Crippen molar-refractivity contribution in [1.29, 1.82) is 0 Å². The van der Waals surface area contributed by atoms with Gasteiger partial charge in [-0.25, -0.2) is 0 Å². The Labute approximate surface area is 132 Å². The molecule has 3 heteroatoms. The molecular formula is C19H23NO2. The molecule has 0 saturated heterocycles. The number of hydrogen-bond donors (Lipinski definition) is 1. The van der Waals surface area contributed by atoms with E-state index in [4.69, 9.17) is 9.84 Å². The van der Waals surface area contributed by atoms with E-state index < -0.39 is 0 Å². The molecule has 2 aromatic carbocycles. The highest BCUT2D eigenvalue weighted by Crippen LogP contribution is 2.32. The predicted octanol–water partition coefficient (Wildman–Crippen LogP) is 2.79. The Morgan fingerprint density at radius 1 is 0.955 bits per heavy atom. The second-order valence-electron chi connectivity index (χ2n) is 5.71. The summed E-state index contributed by atoms with van der Waals surface area (Å²) >= 11 is 0. The highest BCUT2D eigenvalue weighted by molar-refractivity contribution is 5.33. The lowest BCUT2D eigenvalue weighted by atomic mass is 9.90. The average Bonchev–Trinajstić information content (AvgIpc) is 2.59. The zero-order valence-electron chi connectivity index (χ0n) is 12.8. The monoisotopic (exact) mass is 297 g/mol. The van der Waals surface area contributed by atoms with E-state index in [1.54, 1.807) is 0 Å². The number of nitrogens with zero attached hydrogens (tertiary/aromatic N) is 1. The Bertz CT molecular complexity index is 585. The van der Waals surface area contributed by atoms with E-state index in [-0.39, 0.29) is 6.61 Å². The summed E-state index contributed by atoms with van der Waals surface area (Å²) in [5.74, 6) is 0. The van der Waals surface area contributed by atoms with Crippen molar-refractivity contribution in [3.05, 3.63) is 71.3 Å². The number of aliphatic hydroxyl groups excluding tert-OH is 1. The minimum absolute atomic E-state index is 0.0882. The first-order valence-electron chi connectivity index (χ1n) is 7.93. The van der Waals surface area contributed by atoms with Gasteiger partial charge in [-0.15, -0.1) is 0 Å². The fourth-order valence-corrected chi connectivity index (χ4v) is 3.16. The minimum atomic E-state index is 0.0882. The molecule has 0 spiro atoms. The van der Waals surface area contributed by atoms with Crippen LogP contribution in [0.1, 0.15) is 22.7 Å². The van der Waals surface area contributed by atoms with Crippen LogP contribution in [-0.4, -0.2) is 36.4 Å². The molecule has 22 heavy (non-hydrogen) atoms. The first-order valence-corrected chi connectivity index (χ1v) is 7.93. The Balaban J connectivity index is 1.77. The maximum atomic E-state index is 8.82. The Morgan fingerprint density at radius 3 is 2.45 bits per heavy atom. The van der Waals surface area contributed by atoms with E-state index in [0.29, 0.717) is 19.3 Å². The highest BCUT2D eigenvalue weighted by atomic mass is 16.5. The summed E-state index contributed by atoms with van der Waals surface area (Å²) in [6.07, 6.45) is 1.04. The molecule has 0 aromatic heterocycles. The van der Waals surface area contributed by atoms with E-state index >= 15 is 0 Å². The molecule has 0 amide bonds. The van der Waals surface area contributed by atoms with Crippen LogP contribution in [0.3, 0.4) is 0 Å². The van der Waals surface area contributed by atoms with Gasteiger partial charge in [-0.1, -0.05) is 54.6 Å². The second-order valence-corrected chi connectivity index (χ2v) is 5.71. The van der Waals surface area contributed by atoms with Crippen molar-refractivity contribution in [3.8, 4) is 0 Å². The molecule has 0 fully saturated rings. The summed E-state index contributed by atoms with van der Waals surface area (Å²) in [6.45, 7) is 3.00. The lowest BCUT2D eigenvalue weighted by Crippen LogP contribution is -2.36. The van der Waals surface area contributed by atoms with E-state index in [0.717, 1.165) is 19.5 Å². The molecule has 0 bridgehead atoms. The molecule has 3 nitrogen and oxygen atoms in total. The van der Waals surface area contributed by atoms with E-state index in [9.17, 15) is 0 Å². The van der Waals surface area contributed by atoms with Crippen molar-refractivity contribution < 1.29 is 9.84 Å². The number of hydrogen-bond acceptors (Lipinski definition) is 3. The molecule has 1 aliphatic heterocycles. The second kappa shape index (κ2) is 7.54. The zero-order chi connectivity index (χ0) is 15.2. The standard InChI is InChI=1S/C19H23NO2/c21-11-13-22-12-10-20-15-18-9-5-4-8-17(18)14-19(20)16-6-2-1-3-7-16/h1-9,19,21H,10-15H2. The van der Waals surface area contributed by atoms with Crippen molar-refractivity contribution in [3.63, 3.8) is 0 Å². The lowest BCUT2D eigenvalue weighted by Gasteiger charge is -2.37. The van der Waals surface area contributed by atoms with Crippen LogP contribution >= 0.6 is 0 Å². The average molecular weight is 297 g/mol. The van der Waals surface area contributed by atoms with Gasteiger partial charge in [-0.3, -0.25) is 4.90 Å². The van der Waals surface area contributed by atoms with Crippen molar-refractivity contribution >= 4 is 0 Å². The summed E-state index contributed by atoms with van der Waals surface area (Å²) < 4.78 is 5.47. The van der Waals surface area contributed by atoms with Gasteiger partial charge in [0.2, 0.25) is 0 Å². The molecule has 1 unspecified atom stereocenters. The van der Waals surface area contributed by atoms with E-state index in [1.165, 1.54) is 16.7 Å². The van der Waals surface area contributed by atoms with E-state index in [1.807, 2.05) is 0 Å². The summed E-state index contributed by atoms with van der Waals surface area (Å²) in [6, 6.07) is 19.8. The van der Waals surface area contributed by atoms with Gasteiger partial charge in [0.25, 0.3) is 0 Å². The molecule has 2 aromatic rings.